The first-order chi connectivity index (χ1) is 9.41. The molecule has 0 saturated carbocycles. The normalized spacial score (nSPS) is 13.3. The highest BCUT2D eigenvalue weighted by atomic mass is 16.1. The van der Waals surface area contributed by atoms with Gasteiger partial charge in [0.1, 0.15) is 0 Å². The standard InChI is InChI=1S/C19H20O/c1-5-12-6-8-14-16(10-12)17-11-13(19(2,3)4)7-9-15(17)18(14)20/h6-11H,5H2,1-4H3. The third-order valence-electron chi connectivity index (χ3n) is 4.16. The van der Waals surface area contributed by atoms with Gasteiger partial charge in [0.2, 0.25) is 0 Å². The second kappa shape index (κ2) is 4.31. The second-order valence-electron chi connectivity index (χ2n) is 6.57. The molecule has 0 N–H and O–H groups in total. The minimum absolute atomic E-state index is 0.100. The van der Waals surface area contributed by atoms with E-state index in [0.717, 1.165) is 28.7 Å². The van der Waals surface area contributed by atoms with Gasteiger partial charge in [-0.2, -0.15) is 0 Å². The van der Waals surface area contributed by atoms with Crippen LogP contribution >= 0.6 is 0 Å². The average Bonchev–Trinajstić information content (AvgIpc) is 2.70. The van der Waals surface area contributed by atoms with E-state index in [4.69, 9.17) is 0 Å². The van der Waals surface area contributed by atoms with Crippen LogP contribution in [-0.2, 0) is 11.8 Å². The quantitative estimate of drug-likeness (QED) is 0.619. The van der Waals surface area contributed by atoms with Crippen molar-refractivity contribution in [1.82, 2.24) is 0 Å². The summed E-state index contributed by atoms with van der Waals surface area (Å²) in [7, 11) is 0. The minimum atomic E-state index is 0.100. The topological polar surface area (TPSA) is 17.1 Å². The third kappa shape index (κ3) is 1.89. The smallest absolute Gasteiger partial charge is 0.194 e. The van der Waals surface area contributed by atoms with Gasteiger partial charge < -0.3 is 0 Å². The zero-order valence-electron chi connectivity index (χ0n) is 12.6. The van der Waals surface area contributed by atoms with Gasteiger partial charge in [0.25, 0.3) is 0 Å². The minimum Gasteiger partial charge on any atom is -0.289 e. The Bertz CT molecular complexity index is 702. The van der Waals surface area contributed by atoms with E-state index in [1.807, 2.05) is 12.1 Å². The molecule has 0 fully saturated rings. The molecule has 0 saturated heterocycles. The number of carbonyl (C=O) groups excluding carboxylic acids is 1. The summed E-state index contributed by atoms with van der Waals surface area (Å²) in [4.78, 5) is 12.4. The van der Waals surface area contributed by atoms with E-state index < -0.39 is 0 Å². The van der Waals surface area contributed by atoms with Crippen molar-refractivity contribution < 1.29 is 4.79 Å². The summed E-state index contributed by atoms with van der Waals surface area (Å²) in [6.45, 7) is 8.75. The summed E-state index contributed by atoms with van der Waals surface area (Å²) in [5.74, 6) is 0.165. The van der Waals surface area contributed by atoms with E-state index in [0.29, 0.717) is 0 Å². The van der Waals surface area contributed by atoms with Crippen LogP contribution in [0.3, 0.4) is 0 Å². The van der Waals surface area contributed by atoms with Crippen molar-refractivity contribution in [2.75, 3.05) is 0 Å². The summed E-state index contributed by atoms with van der Waals surface area (Å²) in [5.41, 5.74) is 6.57. The molecule has 0 spiro atoms. The Morgan fingerprint density at radius 3 is 2.05 bits per heavy atom. The van der Waals surface area contributed by atoms with Crippen molar-refractivity contribution >= 4 is 5.78 Å². The van der Waals surface area contributed by atoms with Crippen LogP contribution in [0.2, 0.25) is 0 Å². The number of ketones is 1. The molecule has 0 bridgehead atoms. The molecule has 102 valence electrons. The van der Waals surface area contributed by atoms with Crippen molar-refractivity contribution in [2.45, 2.75) is 39.5 Å². The Morgan fingerprint density at radius 1 is 0.850 bits per heavy atom. The lowest BCUT2D eigenvalue weighted by molar-refractivity contribution is 0.104. The van der Waals surface area contributed by atoms with Crippen LogP contribution in [0.25, 0.3) is 11.1 Å². The maximum absolute atomic E-state index is 12.4. The number of rotatable bonds is 1. The van der Waals surface area contributed by atoms with Crippen molar-refractivity contribution in [3.05, 3.63) is 58.7 Å². The van der Waals surface area contributed by atoms with Crippen molar-refractivity contribution in [1.29, 1.82) is 0 Å². The molecule has 1 heteroatoms. The van der Waals surface area contributed by atoms with Gasteiger partial charge in [-0.15, -0.1) is 0 Å². The van der Waals surface area contributed by atoms with E-state index in [9.17, 15) is 4.79 Å². The number of hydrogen-bond acceptors (Lipinski definition) is 1. The van der Waals surface area contributed by atoms with E-state index >= 15 is 0 Å². The Hall–Kier alpha value is -1.89. The summed E-state index contributed by atoms with van der Waals surface area (Å²) >= 11 is 0. The largest absolute Gasteiger partial charge is 0.289 e. The van der Waals surface area contributed by atoms with Crippen molar-refractivity contribution in [3.63, 3.8) is 0 Å². The fourth-order valence-corrected chi connectivity index (χ4v) is 2.81. The average molecular weight is 264 g/mol. The van der Waals surface area contributed by atoms with E-state index in [-0.39, 0.29) is 11.2 Å². The molecule has 20 heavy (non-hydrogen) atoms. The maximum atomic E-state index is 12.4. The predicted octanol–water partition coefficient (Wildman–Crippen LogP) is 4.76. The van der Waals surface area contributed by atoms with Crippen LogP contribution < -0.4 is 0 Å². The number of aryl methyl sites for hydroxylation is 1. The molecular weight excluding hydrogens is 244 g/mol. The molecule has 1 aliphatic carbocycles. The van der Waals surface area contributed by atoms with Crippen molar-refractivity contribution in [3.8, 4) is 11.1 Å². The van der Waals surface area contributed by atoms with Gasteiger partial charge in [-0.05, 0) is 40.2 Å². The van der Waals surface area contributed by atoms with Gasteiger partial charge in [0.05, 0.1) is 0 Å². The van der Waals surface area contributed by atoms with Crippen LogP contribution in [-0.4, -0.2) is 5.78 Å². The summed E-state index contributed by atoms with van der Waals surface area (Å²) in [6, 6.07) is 12.5. The summed E-state index contributed by atoms with van der Waals surface area (Å²) in [5, 5.41) is 0. The Labute approximate surface area is 120 Å². The molecule has 0 atom stereocenters. The highest BCUT2D eigenvalue weighted by Gasteiger charge is 2.28. The SMILES string of the molecule is CCc1ccc2c(c1)-c1cc(C(C)(C)C)ccc1C2=O. The Morgan fingerprint density at radius 2 is 1.45 bits per heavy atom. The first-order valence-electron chi connectivity index (χ1n) is 7.24. The molecular formula is C19H20O. The molecule has 1 aliphatic rings. The third-order valence-corrected chi connectivity index (χ3v) is 4.16. The fraction of sp³-hybridized carbons (Fsp3) is 0.316. The molecule has 1 nitrogen and oxygen atoms in total. The Kier molecular flexibility index (Phi) is 2.82. The van der Waals surface area contributed by atoms with Crippen LogP contribution in [0.15, 0.2) is 36.4 Å². The summed E-state index contributed by atoms with van der Waals surface area (Å²) in [6.07, 6.45) is 0.996. The van der Waals surface area contributed by atoms with E-state index in [1.54, 1.807) is 0 Å². The monoisotopic (exact) mass is 264 g/mol. The zero-order chi connectivity index (χ0) is 14.5. The molecule has 0 aromatic heterocycles. The molecule has 0 unspecified atom stereocenters. The molecule has 3 rings (SSSR count). The second-order valence-corrected chi connectivity index (χ2v) is 6.57. The lowest BCUT2D eigenvalue weighted by Crippen LogP contribution is -2.11. The first kappa shape index (κ1) is 13.1. The van der Waals surface area contributed by atoms with Gasteiger partial charge >= 0.3 is 0 Å². The lowest BCUT2D eigenvalue weighted by atomic mass is 9.85. The fourth-order valence-electron chi connectivity index (χ4n) is 2.81. The van der Waals surface area contributed by atoms with Crippen LogP contribution in [0.4, 0.5) is 0 Å². The first-order valence-corrected chi connectivity index (χ1v) is 7.24. The van der Waals surface area contributed by atoms with Crippen LogP contribution in [0, 0.1) is 0 Å². The van der Waals surface area contributed by atoms with Gasteiger partial charge in [0.15, 0.2) is 5.78 Å². The summed E-state index contributed by atoms with van der Waals surface area (Å²) < 4.78 is 0. The molecule has 0 radical (unpaired) electrons. The van der Waals surface area contributed by atoms with E-state index in [2.05, 4.69) is 52.0 Å². The van der Waals surface area contributed by atoms with Gasteiger partial charge in [-0.25, -0.2) is 0 Å². The van der Waals surface area contributed by atoms with Crippen molar-refractivity contribution in [2.24, 2.45) is 0 Å². The highest BCUT2D eigenvalue weighted by molar-refractivity contribution is 6.21. The molecule has 0 heterocycles. The lowest BCUT2D eigenvalue weighted by Gasteiger charge is -2.20. The maximum Gasteiger partial charge on any atom is 0.194 e. The number of fused-ring (bicyclic) bond motifs is 3. The van der Waals surface area contributed by atoms with Gasteiger partial charge in [-0.1, -0.05) is 58.0 Å². The van der Waals surface area contributed by atoms with Gasteiger partial charge in [-0.3, -0.25) is 4.79 Å². The number of benzene rings is 2. The van der Waals surface area contributed by atoms with Gasteiger partial charge in [0, 0.05) is 11.1 Å². The van der Waals surface area contributed by atoms with Crippen LogP contribution in [0.5, 0.6) is 0 Å². The Balaban J connectivity index is 2.24. The number of hydrogen-bond donors (Lipinski definition) is 0. The molecule has 2 aromatic rings. The zero-order valence-corrected chi connectivity index (χ0v) is 12.6. The molecule has 0 aliphatic heterocycles. The molecule has 0 amide bonds. The predicted molar refractivity (Wildman–Crippen MR) is 83.4 cm³/mol. The van der Waals surface area contributed by atoms with Crippen LogP contribution in [0.1, 0.15) is 54.7 Å². The van der Waals surface area contributed by atoms with E-state index in [1.165, 1.54) is 11.1 Å². The number of carbonyl (C=O) groups is 1. The highest BCUT2D eigenvalue weighted by Crippen LogP contribution is 2.39. The molecule has 2 aromatic carbocycles.